The number of hydrogen-bond donors (Lipinski definition) is 1. The van der Waals surface area contributed by atoms with Crippen molar-refractivity contribution in [1.29, 1.82) is 0 Å². The number of likely N-dealkylation sites (N-methyl/N-ethyl adjacent to an activating group) is 1. The van der Waals surface area contributed by atoms with E-state index >= 15 is 0 Å². The van der Waals surface area contributed by atoms with Gasteiger partial charge in [0.1, 0.15) is 17.7 Å². The molecule has 0 aliphatic carbocycles. The number of benzene rings is 1. The van der Waals surface area contributed by atoms with Crippen LogP contribution in [0.1, 0.15) is 32.8 Å². The summed E-state index contributed by atoms with van der Waals surface area (Å²) in [5.41, 5.74) is 0.963. The van der Waals surface area contributed by atoms with E-state index in [4.69, 9.17) is 4.74 Å². The standard InChI is InChI=1S/C14H22FNO/c1-5-13(16-6-2)11(4)17-14-9-12(15)8-7-10(14)3/h7-9,11,13,16H,5-6H2,1-4H3. The first-order valence-corrected chi connectivity index (χ1v) is 6.24. The molecule has 1 aromatic carbocycles. The molecule has 96 valence electrons. The van der Waals surface area contributed by atoms with E-state index in [1.165, 1.54) is 12.1 Å². The zero-order valence-corrected chi connectivity index (χ0v) is 11.1. The van der Waals surface area contributed by atoms with E-state index in [2.05, 4.69) is 19.2 Å². The third-order valence-electron chi connectivity index (χ3n) is 2.94. The molecule has 2 nitrogen and oxygen atoms in total. The van der Waals surface area contributed by atoms with Crippen LogP contribution >= 0.6 is 0 Å². The Morgan fingerprint density at radius 1 is 1.35 bits per heavy atom. The Labute approximate surface area is 103 Å². The highest BCUT2D eigenvalue weighted by molar-refractivity contribution is 5.32. The third-order valence-corrected chi connectivity index (χ3v) is 2.94. The smallest absolute Gasteiger partial charge is 0.126 e. The average molecular weight is 239 g/mol. The van der Waals surface area contributed by atoms with Gasteiger partial charge >= 0.3 is 0 Å². The molecule has 1 aromatic rings. The highest BCUT2D eigenvalue weighted by Crippen LogP contribution is 2.21. The number of hydrogen-bond acceptors (Lipinski definition) is 2. The maximum atomic E-state index is 13.1. The Morgan fingerprint density at radius 3 is 2.65 bits per heavy atom. The molecule has 2 atom stereocenters. The monoisotopic (exact) mass is 239 g/mol. The molecule has 0 bridgehead atoms. The normalized spacial score (nSPS) is 14.4. The molecule has 0 saturated carbocycles. The lowest BCUT2D eigenvalue weighted by molar-refractivity contribution is 0.166. The molecule has 1 N–H and O–H groups in total. The molecule has 0 saturated heterocycles. The molecule has 1 rings (SSSR count). The van der Waals surface area contributed by atoms with Crippen LogP contribution in [0.25, 0.3) is 0 Å². The molecule has 0 amide bonds. The summed E-state index contributed by atoms with van der Waals surface area (Å²) in [6.45, 7) is 9.04. The van der Waals surface area contributed by atoms with Crippen molar-refractivity contribution in [3.63, 3.8) is 0 Å². The van der Waals surface area contributed by atoms with Crippen LogP contribution in [0.5, 0.6) is 5.75 Å². The minimum Gasteiger partial charge on any atom is -0.489 e. The molecule has 17 heavy (non-hydrogen) atoms. The molecule has 0 fully saturated rings. The largest absolute Gasteiger partial charge is 0.489 e. The fourth-order valence-corrected chi connectivity index (χ4v) is 1.89. The Kier molecular flexibility index (Phi) is 5.42. The first-order chi connectivity index (χ1) is 8.08. The van der Waals surface area contributed by atoms with Crippen LogP contribution in [-0.4, -0.2) is 18.7 Å². The van der Waals surface area contributed by atoms with Gasteiger partial charge in [0.25, 0.3) is 0 Å². The van der Waals surface area contributed by atoms with Crippen LogP contribution < -0.4 is 10.1 Å². The van der Waals surface area contributed by atoms with Gasteiger partial charge in [0.05, 0.1) is 0 Å². The topological polar surface area (TPSA) is 21.3 Å². The van der Waals surface area contributed by atoms with E-state index in [9.17, 15) is 4.39 Å². The first kappa shape index (κ1) is 14.0. The summed E-state index contributed by atoms with van der Waals surface area (Å²) in [4.78, 5) is 0. The highest BCUT2D eigenvalue weighted by Gasteiger charge is 2.16. The van der Waals surface area contributed by atoms with Crippen molar-refractivity contribution in [2.24, 2.45) is 0 Å². The lowest BCUT2D eigenvalue weighted by atomic mass is 10.1. The Hall–Kier alpha value is -1.09. The molecule has 2 unspecified atom stereocenters. The second kappa shape index (κ2) is 6.60. The van der Waals surface area contributed by atoms with Crippen molar-refractivity contribution in [2.75, 3.05) is 6.54 Å². The van der Waals surface area contributed by atoms with Gasteiger partial charge in [-0.05, 0) is 38.4 Å². The second-order valence-electron chi connectivity index (χ2n) is 4.31. The van der Waals surface area contributed by atoms with Gasteiger partial charge in [-0.3, -0.25) is 0 Å². The van der Waals surface area contributed by atoms with Crippen LogP contribution in [0.2, 0.25) is 0 Å². The lowest BCUT2D eigenvalue weighted by Gasteiger charge is -2.25. The summed E-state index contributed by atoms with van der Waals surface area (Å²) >= 11 is 0. The predicted octanol–water partition coefficient (Wildman–Crippen LogP) is 3.29. The maximum absolute atomic E-state index is 13.1. The number of aryl methyl sites for hydroxylation is 1. The van der Waals surface area contributed by atoms with Crippen molar-refractivity contribution in [3.8, 4) is 5.75 Å². The van der Waals surface area contributed by atoms with E-state index in [1.807, 2.05) is 13.8 Å². The number of halogens is 1. The molecular formula is C14H22FNO. The summed E-state index contributed by atoms with van der Waals surface area (Å²) in [7, 11) is 0. The minimum atomic E-state index is -0.255. The van der Waals surface area contributed by atoms with Gasteiger partial charge < -0.3 is 10.1 Å². The van der Waals surface area contributed by atoms with Crippen molar-refractivity contribution in [3.05, 3.63) is 29.6 Å². The maximum Gasteiger partial charge on any atom is 0.126 e. The Bertz CT molecular complexity index is 354. The summed E-state index contributed by atoms with van der Waals surface area (Å²) in [5, 5.41) is 3.37. The number of nitrogens with one attached hydrogen (secondary N) is 1. The predicted molar refractivity (Wildman–Crippen MR) is 69.0 cm³/mol. The van der Waals surface area contributed by atoms with E-state index in [-0.39, 0.29) is 11.9 Å². The quantitative estimate of drug-likeness (QED) is 0.822. The van der Waals surface area contributed by atoms with Gasteiger partial charge in [-0.2, -0.15) is 0 Å². The average Bonchev–Trinajstić information content (AvgIpc) is 2.30. The zero-order valence-electron chi connectivity index (χ0n) is 11.1. The van der Waals surface area contributed by atoms with Crippen LogP contribution in [0, 0.1) is 12.7 Å². The van der Waals surface area contributed by atoms with Crippen molar-refractivity contribution >= 4 is 0 Å². The second-order valence-corrected chi connectivity index (χ2v) is 4.31. The summed E-state index contributed by atoms with van der Waals surface area (Å²) < 4.78 is 19.0. The molecule has 0 aromatic heterocycles. The third kappa shape index (κ3) is 4.00. The van der Waals surface area contributed by atoms with Gasteiger partial charge in [0, 0.05) is 12.1 Å². The summed E-state index contributed by atoms with van der Waals surface area (Å²) in [5.74, 6) is 0.378. The SMILES string of the molecule is CCNC(CC)C(C)Oc1cc(F)ccc1C. The Balaban J connectivity index is 2.72. The molecule has 0 heterocycles. The summed E-state index contributed by atoms with van der Waals surface area (Å²) in [6, 6.07) is 4.94. The molecule has 0 spiro atoms. The highest BCUT2D eigenvalue weighted by atomic mass is 19.1. The molecule has 0 aliphatic rings. The molecule has 0 radical (unpaired) electrons. The van der Waals surface area contributed by atoms with Crippen LogP contribution in [0.3, 0.4) is 0 Å². The van der Waals surface area contributed by atoms with Crippen molar-refractivity contribution in [1.82, 2.24) is 5.32 Å². The van der Waals surface area contributed by atoms with Gasteiger partial charge in [0.15, 0.2) is 0 Å². The number of ether oxygens (including phenoxy) is 1. The Morgan fingerprint density at radius 2 is 2.06 bits per heavy atom. The van der Waals surface area contributed by atoms with Crippen LogP contribution in [0.15, 0.2) is 18.2 Å². The van der Waals surface area contributed by atoms with E-state index in [1.54, 1.807) is 6.07 Å². The van der Waals surface area contributed by atoms with E-state index in [0.29, 0.717) is 11.8 Å². The van der Waals surface area contributed by atoms with Crippen molar-refractivity contribution in [2.45, 2.75) is 46.3 Å². The van der Waals surface area contributed by atoms with Crippen LogP contribution in [-0.2, 0) is 0 Å². The first-order valence-electron chi connectivity index (χ1n) is 6.24. The lowest BCUT2D eigenvalue weighted by Crippen LogP contribution is -2.40. The van der Waals surface area contributed by atoms with Crippen molar-refractivity contribution < 1.29 is 9.13 Å². The van der Waals surface area contributed by atoms with Gasteiger partial charge in [0.2, 0.25) is 0 Å². The zero-order chi connectivity index (χ0) is 12.8. The van der Waals surface area contributed by atoms with Gasteiger partial charge in [-0.1, -0.05) is 19.9 Å². The van der Waals surface area contributed by atoms with Crippen LogP contribution in [0.4, 0.5) is 4.39 Å². The molecule has 3 heteroatoms. The molecule has 0 aliphatic heterocycles. The van der Waals surface area contributed by atoms with E-state index in [0.717, 1.165) is 18.5 Å². The van der Waals surface area contributed by atoms with Gasteiger partial charge in [-0.15, -0.1) is 0 Å². The molecular weight excluding hydrogens is 217 g/mol. The van der Waals surface area contributed by atoms with E-state index < -0.39 is 0 Å². The fraction of sp³-hybridized carbons (Fsp3) is 0.571. The van der Waals surface area contributed by atoms with Gasteiger partial charge in [-0.25, -0.2) is 4.39 Å². The fourth-order valence-electron chi connectivity index (χ4n) is 1.89. The minimum absolute atomic E-state index is 0.0282. The summed E-state index contributed by atoms with van der Waals surface area (Å²) in [6.07, 6.45) is 1.02. The number of rotatable bonds is 6.